The van der Waals surface area contributed by atoms with E-state index in [2.05, 4.69) is 16.4 Å². The van der Waals surface area contributed by atoms with Gasteiger partial charge in [-0.25, -0.2) is 9.37 Å². The van der Waals surface area contributed by atoms with Crippen LogP contribution in [0.4, 0.5) is 10.2 Å². The SMILES string of the molecule is Cc1cc(NCc2ccccc2F)n2c(nc3ccccc32)c1C#N. The van der Waals surface area contributed by atoms with E-state index in [1.165, 1.54) is 6.07 Å². The molecule has 5 heteroatoms. The van der Waals surface area contributed by atoms with Gasteiger partial charge >= 0.3 is 0 Å². The Morgan fingerprint density at radius 2 is 1.92 bits per heavy atom. The fourth-order valence-electron chi connectivity index (χ4n) is 3.05. The van der Waals surface area contributed by atoms with E-state index in [4.69, 9.17) is 0 Å². The van der Waals surface area contributed by atoms with Crippen molar-refractivity contribution in [1.29, 1.82) is 5.26 Å². The van der Waals surface area contributed by atoms with Crippen molar-refractivity contribution in [1.82, 2.24) is 9.38 Å². The lowest BCUT2D eigenvalue weighted by molar-refractivity contribution is 0.613. The first-order valence-electron chi connectivity index (χ1n) is 7.97. The van der Waals surface area contributed by atoms with Crippen molar-refractivity contribution >= 4 is 22.5 Å². The summed E-state index contributed by atoms with van der Waals surface area (Å²) in [6.07, 6.45) is 0. The summed E-state index contributed by atoms with van der Waals surface area (Å²) in [4.78, 5) is 4.61. The Hall–Kier alpha value is -3.39. The van der Waals surface area contributed by atoms with Gasteiger partial charge in [0.25, 0.3) is 0 Å². The van der Waals surface area contributed by atoms with Gasteiger partial charge in [0.15, 0.2) is 5.65 Å². The van der Waals surface area contributed by atoms with Crippen molar-refractivity contribution in [3.8, 4) is 6.07 Å². The van der Waals surface area contributed by atoms with Crippen LogP contribution in [0.3, 0.4) is 0 Å². The van der Waals surface area contributed by atoms with E-state index < -0.39 is 0 Å². The lowest BCUT2D eigenvalue weighted by Crippen LogP contribution is -2.07. The highest BCUT2D eigenvalue weighted by Gasteiger charge is 2.15. The molecule has 0 radical (unpaired) electrons. The zero-order valence-electron chi connectivity index (χ0n) is 13.6. The van der Waals surface area contributed by atoms with E-state index in [9.17, 15) is 9.65 Å². The first-order chi connectivity index (χ1) is 12.2. The van der Waals surface area contributed by atoms with Gasteiger partial charge in [-0.2, -0.15) is 5.26 Å². The highest BCUT2D eigenvalue weighted by Crippen LogP contribution is 2.27. The maximum atomic E-state index is 13.9. The molecule has 0 saturated carbocycles. The van der Waals surface area contributed by atoms with Crippen molar-refractivity contribution in [2.75, 3.05) is 5.32 Å². The Morgan fingerprint density at radius 3 is 2.72 bits per heavy atom. The number of para-hydroxylation sites is 2. The fraction of sp³-hybridized carbons (Fsp3) is 0.100. The van der Waals surface area contributed by atoms with Crippen molar-refractivity contribution < 1.29 is 4.39 Å². The average molecular weight is 330 g/mol. The van der Waals surface area contributed by atoms with Gasteiger partial charge in [-0.1, -0.05) is 30.3 Å². The number of nitriles is 1. The molecule has 0 aliphatic heterocycles. The normalized spacial score (nSPS) is 10.9. The maximum absolute atomic E-state index is 13.9. The van der Waals surface area contributed by atoms with Gasteiger partial charge < -0.3 is 5.32 Å². The number of pyridine rings is 1. The van der Waals surface area contributed by atoms with Crippen molar-refractivity contribution in [3.05, 3.63) is 77.1 Å². The second kappa shape index (κ2) is 5.91. The Morgan fingerprint density at radius 1 is 1.16 bits per heavy atom. The molecule has 4 aromatic rings. The van der Waals surface area contributed by atoms with Crippen LogP contribution in [0, 0.1) is 24.1 Å². The van der Waals surface area contributed by atoms with Crippen molar-refractivity contribution in [2.24, 2.45) is 0 Å². The van der Waals surface area contributed by atoms with E-state index in [1.807, 2.05) is 47.7 Å². The Balaban J connectivity index is 1.89. The minimum Gasteiger partial charge on any atom is -0.367 e. The van der Waals surface area contributed by atoms with Crippen LogP contribution in [0.2, 0.25) is 0 Å². The summed E-state index contributed by atoms with van der Waals surface area (Å²) in [6.45, 7) is 2.23. The molecular weight excluding hydrogens is 315 g/mol. The Kier molecular flexibility index (Phi) is 3.58. The van der Waals surface area contributed by atoms with Gasteiger partial charge in [0, 0.05) is 12.1 Å². The van der Waals surface area contributed by atoms with Crippen molar-refractivity contribution in [3.63, 3.8) is 0 Å². The molecule has 0 aliphatic carbocycles. The molecule has 0 amide bonds. The van der Waals surface area contributed by atoms with E-state index in [1.54, 1.807) is 12.1 Å². The van der Waals surface area contributed by atoms with Crippen LogP contribution in [0.25, 0.3) is 16.7 Å². The van der Waals surface area contributed by atoms with Gasteiger partial charge in [0.2, 0.25) is 0 Å². The molecule has 2 aromatic heterocycles. The number of aromatic nitrogens is 2. The number of anilines is 1. The summed E-state index contributed by atoms with van der Waals surface area (Å²) in [5.74, 6) is 0.538. The molecule has 0 saturated heterocycles. The van der Waals surface area contributed by atoms with Gasteiger partial charge in [0.05, 0.1) is 16.6 Å². The molecule has 122 valence electrons. The third-order valence-electron chi connectivity index (χ3n) is 4.30. The molecule has 0 spiro atoms. The minimum absolute atomic E-state index is 0.243. The summed E-state index contributed by atoms with van der Waals surface area (Å²) in [5, 5.41) is 12.8. The smallest absolute Gasteiger partial charge is 0.157 e. The molecule has 0 bridgehead atoms. The average Bonchev–Trinajstić information content (AvgIpc) is 3.00. The van der Waals surface area contributed by atoms with Crippen LogP contribution in [-0.2, 0) is 6.54 Å². The van der Waals surface area contributed by atoms with Crippen LogP contribution < -0.4 is 5.32 Å². The van der Waals surface area contributed by atoms with Crippen LogP contribution in [-0.4, -0.2) is 9.38 Å². The standard InChI is InChI=1S/C20H15FN4/c1-13-10-19(23-12-14-6-2-3-7-16(14)21)25-18-9-5-4-8-17(18)24-20(25)15(13)11-22/h2-10,23H,12H2,1H3. The molecule has 1 N–H and O–H groups in total. The molecule has 0 atom stereocenters. The summed E-state index contributed by atoms with van der Waals surface area (Å²) >= 11 is 0. The second-order valence-electron chi connectivity index (χ2n) is 5.90. The Bertz CT molecular complexity index is 1140. The van der Waals surface area contributed by atoms with Crippen molar-refractivity contribution in [2.45, 2.75) is 13.5 Å². The summed E-state index contributed by atoms with van der Waals surface area (Å²) in [5.41, 5.74) is 4.30. The van der Waals surface area contributed by atoms with E-state index in [0.717, 1.165) is 22.4 Å². The molecule has 2 heterocycles. The molecule has 4 nitrogen and oxygen atoms in total. The summed E-state index contributed by atoms with van der Waals surface area (Å²) in [6, 6.07) is 18.6. The molecule has 0 aliphatic rings. The van der Waals surface area contributed by atoms with Gasteiger partial charge in [0.1, 0.15) is 17.7 Å². The number of imidazole rings is 1. The molecule has 2 aromatic carbocycles. The van der Waals surface area contributed by atoms with Gasteiger partial charge in [-0.3, -0.25) is 4.40 Å². The first kappa shape index (κ1) is 15.2. The second-order valence-corrected chi connectivity index (χ2v) is 5.90. The minimum atomic E-state index is -0.243. The topological polar surface area (TPSA) is 53.1 Å². The quantitative estimate of drug-likeness (QED) is 0.605. The molecule has 25 heavy (non-hydrogen) atoms. The third kappa shape index (κ3) is 2.48. The Labute approximate surface area is 144 Å². The van der Waals surface area contributed by atoms with Crippen LogP contribution in [0.15, 0.2) is 54.6 Å². The zero-order chi connectivity index (χ0) is 17.4. The van der Waals surface area contributed by atoms with Gasteiger partial charge in [-0.05, 0) is 36.8 Å². The van der Waals surface area contributed by atoms with Gasteiger partial charge in [-0.15, -0.1) is 0 Å². The maximum Gasteiger partial charge on any atom is 0.157 e. The summed E-state index contributed by atoms with van der Waals surface area (Å²) in [7, 11) is 0. The largest absolute Gasteiger partial charge is 0.367 e. The predicted octanol–water partition coefficient (Wildman–Crippen LogP) is 4.42. The number of nitrogens with one attached hydrogen (secondary N) is 1. The highest BCUT2D eigenvalue weighted by molar-refractivity contribution is 5.85. The predicted molar refractivity (Wildman–Crippen MR) is 95.9 cm³/mol. The molecule has 0 fully saturated rings. The fourth-order valence-corrected chi connectivity index (χ4v) is 3.05. The molecule has 0 unspecified atom stereocenters. The van der Waals surface area contributed by atoms with Crippen LogP contribution in [0.5, 0.6) is 0 Å². The monoisotopic (exact) mass is 330 g/mol. The van der Waals surface area contributed by atoms with Crippen LogP contribution >= 0.6 is 0 Å². The number of benzene rings is 2. The number of nitrogens with zero attached hydrogens (tertiary/aromatic N) is 3. The lowest BCUT2D eigenvalue weighted by Gasteiger charge is -2.13. The summed E-state index contributed by atoms with van der Waals surface area (Å²) < 4.78 is 15.8. The number of hydrogen-bond donors (Lipinski definition) is 1. The third-order valence-corrected chi connectivity index (χ3v) is 4.30. The number of aryl methyl sites for hydroxylation is 1. The molecular formula is C20H15FN4. The lowest BCUT2D eigenvalue weighted by atomic mass is 10.1. The zero-order valence-corrected chi connectivity index (χ0v) is 13.6. The number of fused-ring (bicyclic) bond motifs is 3. The highest BCUT2D eigenvalue weighted by atomic mass is 19.1. The first-order valence-corrected chi connectivity index (χ1v) is 7.97. The number of rotatable bonds is 3. The number of halogens is 1. The van der Waals surface area contributed by atoms with E-state index >= 15 is 0 Å². The van der Waals surface area contributed by atoms with Crippen LogP contribution in [0.1, 0.15) is 16.7 Å². The molecule has 4 rings (SSSR count). The number of hydrogen-bond acceptors (Lipinski definition) is 3. The van der Waals surface area contributed by atoms with E-state index in [-0.39, 0.29) is 5.82 Å². The van der Waals surface area contributed by atoms with E-state index in [0.29, 0.717) is 23.3 Å².